The fourth-order valence-electron chi connectivity index (χ4n) is 2.06. The van der Waals surface area contributed by atoms with Crippen molar-refractivity contribution in [1.29, 1.82) is 0 Å². The molecule has 0 radical (unpaired) electrons. The summed E-state index contributed by atoms with van der Waals surface area (Å²) in [6.45, 7) is 3.46. The molecule has 0 saturated carbocycles. The SMILES string of the molecule is CNCc1cc(Br)cc(C)c1OCc1ccc(I)cc1. The number of hydrogen-bond donors (Lipinski definition) is 1. The molecule has 2 nitrogen and oxygen atoms in total. The second-order valence-electron chi connectivity index (χ2n) is 4.66. The van der Waals surface area contributed by atoms with E-state index >= 15 is 0 Å². The van der Waals surface area contributed by atoms with E-state index in [-0.39, 0.29) is 0 Å². The number of nitrogens with one attached hydrogen (secondary N) is 1. The molecule has 0 heterocycles. The first-order chi connectivity index (χ1) is 9.60. The fourth-order valence-corrected chi connectivity index (χ4v) is 3.04. The first kappa shape index (κ1) is 15.8. The first-order valence-corrected chi connectivity index (χ1v) is 8.28. The second-order valence-corrected chi connectivity index (χ2v) is 6.82. The van der Waals surface area contributed by atoms with Gasteiger partial charge in [0.05, 0.1) is 0 Å². The molecule has 2 aromatic carbocycles. The van der Waals surface area contributed by atoms with Crippen molar-refractivity contribution in [2.75, 3.05) is 7.05 Å². The average Bonchev–Trinajstić information content (AvgIpc) is 2.40. The van der Waals surface area contributed by atoms with E-state index in [4.69, 9.17) is 4.74 Å². The van der Waals surface area contributed by atoms with Crippen LogP contribution in [0.4, 0.5) is 0 Å². The Kier molecular flexibility index (Phi) is 5.86. The Balaban J connectivity index is 2.17. The maximum absolute atomic E-state index is 6.04. The van der Waals surface area contributed by atoms with Crippen LogP contribution in [0.15, 0.2) is 40.9 Å². The quantitative estimate of drug-likeness (QED) is 0.675. The molecule has 0 atom stereocenters. The summed E-state index contributed by atoms with van der Waals surface area (Å²) in [7, 11) is 1.94. The molecule has 0 aliphatic heterocycles. The van der Waals surface area contributed by atoms with Gasteiger partial charge >= 0.3 is 0 Å². The minimum absolute atomic E-state index is 0.593. The van der Waals surface area contributed by atoms with Gasteiger partial charge in [0, 0.05) is 20.2 Å². The highest BCUT2D eigenvalue weighted by atomic mass is 127. The molecule has 0 amide bonds. The molecule has 2 aromatic rings. The van der Waals surface area contributed by atoms with E-state index < -0.39 is 0 Å². The van der Waals surface area contributed by atoms with Gasteiger partial charge in [0.2, 0.25) is 0 Å². The predicted molar refractivity (Wildman–Crippen MR) is 95.1 cm³/mol. The lowest BCUT2D eigenvalue weighted by Gasteiger charge is -2.15. The van der Waals surface area contributed by atoms with Crippen LogP contribution >= 0.6 is 38.5 Å². The molecule has 20 heavy (non-hydrogen) atoms. The Hall–Kier alpha value is -0.590. The van der Waals surface area contributed by atoms with Crippen LogP contribution in [-0.2, 0) is 13.2 Å². The third-order valence-corrected chi connectivity index (χ3v) is 4.16. The Morgan fingerprint density at radius 1 is 1.20 bits per heavy atom. The van der Waals surface area contributed by atoms with Gasteiger partial charge in [-0.2, -0.15) is 0 Å². The molecule has 0 saturated heterocycles. The zero-order valence-corrected chi connectivity index (χ0v) is 15.3. The third kappa shape index (κ3) is 4.20. The lowest BCUT2D eigenvalue weighted by molar-refractivity contribution is 0.300. The number of aryl methyl sites for hydroxylation is 1. The van der Waals surface area contributed by atoms with Gasteiger partial charge in [-0.3, -0.25) is 0 Å². The van der Waals surface area contributed by atoms with Gasteiger partial charge in [-0.05, 0) is 72.0 Å². The van der Waals surface area contributed by atoms with Crippen molar-refractivity contribution in [3.8, 4) is 5.75 Å². The van der Waals surface area contributed by atoms with E-state index in [1.807, 2.05) is 7.05 Å². The zero-order chi connectivity index (χ0) is 14.5. The standard InChI is InChI=1S/C16H17BrINO/c1-11-7-14(17)8-13(9-19-2)16(11)20-10-12-3-5-15(18)6-4-12/h3-8,19H,9-10H2,1-2H3. The monoisotopic (exact) mass is 445 g/mol. The average molecular weight is 446 g/mol. The van der Waals surface area contributed by atoms with E-state index in [0.717, 1.165) is 22.3 Å². The second kappa shape index (κ2) is 7.43. The van der Waals surface area contributed by atoms with E-state index in [1.165, 1.54) is 14.7 Å². The van der Waals surface area contributed by atoms with Crippen molar-refractivity contribution >= 4 is 38.5 Å². The molecule has 0 fully saturated rings. The van der Waals surface area contributed by atoms with Gasteiger partial charge in [-0.15, -0.1) is 0 Å². The van der Waals surface area contributed by atoms with E-state index in [1.54, 1.807) is 0 Å². The Morgan fingerprint density at radius 3 is 2.55 bits per heavy atom. The van der Waals surface area contributed by atoms with Crippen LogP contribution in [0.1, 0.15) is 16.7 Å². The first-order valence-electron chi connectivity index (χ1n) is 6.41. The van der Waals surface area contributed by atoms with E-state index in [9.17, 15) is 0 Å². The van der Waals surface area contributed by atoms with Gasteiger partial charge in [0.15, 0.2) is 0 Å². The minimum atomic E-state index is 0.593. The molecule has 0 aliphatic rings. The lowest BCUT2D eigenvalue weighted by Crippen LogP contribution is -2.08. The number of halogens is 2. The topological polar surface area (TPSA) is 21.3 Å². The summed E-state index contributed by atoms with van der Waals surface area (Å²) in [5, 5.41) is 3.18. The largest absolute Gasteiger partial charge is 0.488 e. The molecule has 106 valence electrons. The van der Waals surface area contributed by atoms with Gasteiger partial charge in [0.25, 0.3) is 0 Å². The minimum Gasteiger partial charge on any atom is -0.488 e. The number of ether oxygens (including phenoxy) is 1. The summed E-state index contributed by atoms with van der Waals surface area (Å²) in [5.74, 6) is 0.973. The zero-order valence-electron chi connectivity index (χ0n) is 11.5. The number of rotatable bonds is 5. The van der Waals surface area contributed by atoms with Crippen molar-refractivity contribution in [3.63, 3.8) is 0 Å². The molecular formula is C16H17BrINO. The van der Waals surface area contributed by atoms with Crippen LogP contribution in [0.5, 0.6) is 5.75 Å². The molecular weight excluding hydrogens is 429 g/mol. The summed E-state index contributed by atoms with van der Waals surface area (Å²) in [5.41, 5.74) is 3.50. The highest BCUT2D eigenvalue weighted by Gasteiger charge is 2.09. The van der Waals surface area contributed by atoms with Crippen molar-refractivity contribution in [1.82, 2.24) is 5.32 Å². The Bertz CT molecular complexity index is 584. The Morgan fingerprint density at radius 2 is 1.90 bits per heavy atom. The van der Waals surface area contributed by atoms with Crippen LogP contribution in [0.2, 0.25) is 0 Å². The molecule has 0 aromatic heterocycles. The van der Waals surface area contributed by atoms with Gasteiger partial charge in [-0.25, -0.2) is 0 Å². The van der Waals surface area contributed by atoms with Crippen LogP contribution < -0.4 is 10.1 Å². The predicted octanol–water partition coefficient (Wildman–Crippen LogP) is 4.66. The third-order valence-electron chi connectivity index (χ3n) is 2.98. The fraction of sp³-hybridized carbons (Fsp3) is 0.250. The molecule has 4 heteroatoms. The van der Waals surface area contributed by atoms with Gasteiger partial charge < -0.3 is 10.1 Å². The summed E-state index contributed by atoms with van der Waals surface area (Å²) >= 11 is 5.84. The van der Waals surface area contributed by atoms with E-state index in [0.29, 0.717) is 6.61 Å². The van der Waals surface area contributed by atoms with Crippen molar-refractivity contribution in [2.24, 2.45) is 0 Å². The molecule has 1 N–H and O–H groups in total. The molecule has 0 bridgehead atoms. The summed E-state index contributed by atoms with van der Waals surface area (Å²) in [6, 6.07) is 12.6. The van der Waals surface area contributed by atoms with Crippen molar-refractivity contribution in [2.45, 2.75) is 20.1 Å². The molecule has 0 unspecified atom stereocenters. The van der Waals surface area contributed by atoms with Crippen molar-refractivity contribution in [3.05, 3.63) is 61.1 Å². The van der Waals surface area contributed by atoms with Gasteiger partial charge in [0.1, 0.15) is 12.4 Å². The van der Waals surface area contributed by atoms with E-state index in [2.05, 4.69) is 87.2 Å². The van der Waals surface area contributed by atoms with Crippen LogP contribution in [0.3, 0.4) is 0 Å². The molecule has 2 rings (SSSR count). The number of benzene rings is 2. The van der Waals surface area contributed by atoms with Crippen LogP contribution in [0, 0.1) is 10.5 Å². The smallest absolute Gasteiger partial charge is 0.127 e. The molecule has 0 spiro atoms. The number of hydrogen-bond acceptors (Lipinski definition) is 2. The van der Waals surface area contributed by atoms with Crippen LogP contribution in [-0.4, -0.2) is 7.05 Å². The normalized spacial score (nSPS) is 10.6. The summed E-state index contributed by atoms with van der Waals surface area (Å²) in [4.78, 5) is 0. The van der Waals surface area contributed by atoms with Crippen molar-refractivity contribution < 1.29 is 4.74 Å². The maximum Gasteiger partial charge on any atom is 0.127 e. The summed E-state index contributed by atoms with van der Waals surface area (Å²) < 4.78 is 8.36. The lowest BCUT2D eigenvalue weighted by atomic mass is 10.1. The van der Waals surface area contributed by atoms with Gasteiger partial charge in [-0.1, -0.05) is 28.1 Å². The Labute approximate surface area is 142 Å². The van der Waals surface area contributed by atoms with Crippen LogP contribution in [0.25, 0.3) is 0 Å². The highest BCUT2D eigenvalue weighted by molar-refractivity contribution is 14.1. The summed E-state index contributed by atoms with van der Waals surface area (Å²) in [6.07, 6.45) is 0. The highest BCUT2D eigenvalue weighted by Crippen LogP contribution is 2.28. The molecule has 0 aliphatic carbocycles. The maximum atomic E-state index is 6.04.